The zero-order chi connectivity index (χ0) is 9.47. The van der Waals surface area contributed by atoms with Crippen LogP contribution in [0.4, 0.5) is 0 Å². The van der Waals surface area contributed by atoms with Crippen LogP contribution in [0.2, 0.25) is 0 Å². The largest absolute Gasteiger partial charge is 0.303 e. The fourth-order valence-corrected chi connectivity index (χ4v) is 3.54. The van der Waals surface area contributed by atoms with Crippen LogP contribution < -0.4 is 0 Å². The Hall–Kier alpha value is -0.0400. The topological polar surface area (TPSA) is 3.24 Å². The number of hydrogen-bond acceptors (Lipinski definition) is 1. The normalized spacial score (nSPS) is 33.7. The van der Waals surface area contributed by atoms with E-state index in [1.165, 1.54) is 38.6 Å². The van der Waals surface area contributed by atoms with E-state index >= 15 is 0 Å². The Kier molecular flexibility index (Phi) is 2.39. The summed E-state index contributed by atoms with van der Waals surface area (Å²) in [5, 5.41) is 0. The summed E-state index contributed by atoms with van der Waals surface area (Å²) in [6.45, 7) is 6.11. The third-order valence-electron chi connectivity index (χ3n) is 4.23. The molecule has 0 aromatic carbocycles. The fourth-order valence-electron chi connectivity index (χ4n) is 3.54. The molecule has 2 aliphatic rings. The minimum Gasteiger partial charge on any atom is -0.303 e. The number of likely N-dealkylation sites (tertiary alicyclic amines) is 1. The van der Waals surface area contributed by atoms with Crippen LogP contribution in [0.15, 0.2) is 0 Å². The number of hydrogen-bond donors (Lipinski definition) is 0. The minimum atomic E-state index is 0.740. The maximum atomic E-state index is 2.61. The maximum Gasteiger partial charge on any atom is 0.0121 e. The zero-order valence-electron chi connectivity index (χ0n) is 9.34. The van der Waals surface area contributed by atoms with Crippen molar-refractivity contribution >= 4 is 0 Å². The lowest BCUT2D eigenvalue weighted by Gasteiger charge is -2.22. The van der Waals surface area contributed by atoms with Crippen molar-refractivity contribution in [3.05, 3.63) is 0 Å². The smallest absolute Gasteiger partial charge is 0.0121 e. The van der Waals surface area contributed by atoms with Crippen molar-refractivity contribution in [1.82, 2.24) is 4.90 Å². The molecule has 0 radical (unpaired) electrons. The quantitative estimate of drug-likeness (QED) is 0.601. The summed E-state index contributed by atoms with van der Waals surface area (Å²) in [4.78, 5) is 2.61. The van der Waals surface area contributed by atoms with Gasteiger partial charge >= 0.3 is 0 Å². The van der Waals surface area contributed by atoms with Crippen molar-refractivity contribution in [3.8, 4) is 0 Å². The van der Waals surface area contributed by atoms with Crippen molar-refractivity contribution in [2.24, 2.45) is 11.3 Å². The van der Waals surface area contributed by atoms with Crippen molar-refractivity contribution in [2.75, 3.05) is 13.6 Å². The first-order chi connectivity index (χ1) is 6.13. The van der Waals surface area contributed by atoms with Gasteiger partial charge in [0.25, 0.3) is 0 Å². The van der Waals surface area contributed by atoms with E-state index < -0.39 is 0 Å². The van der Waals surface area contributed by atoms with Gasteiger partial charge in [-0.25, -0.2) is 0 Å². The summed E-state index contributed by atoms with van der Waals surface area (Å²) in [5.74, 6) is 0.838. The first-order valence-corrected chi connectivity index (χ1v) is 5.83. The monoisotopic (exact) mass is 181 g/mol. The summed E-state index contributed by atoms with van der Waals surface area (Å²) in [7, 11) is 2.32. The molecule has 0 N–H and O–H groups in total. The number of rotatable bonds is 1. The van der Waals surface area contributed by atoms with Gasteiger partial charge in [-0.15, -0.1) is 0 Å². The molecule has 1 unspecified atom stereocenters. The van der Waals surface area contributed by atoms with Gasteiger partial charge < -0.3 is 4.90 Å². The molecule has 1 aliphatic carbocycles. The molecule has 0 bridgehead atoms. The highest BCUT2D eigenvalue weighted by Gasteiger charge is 2.44. The molecule has 2 rings (SSSR count). The molecule has 0 aromatic heterocycles. The Labute approximate surface area is 82.5 Å². The van der Waals surface area contributed by atoms with Gasteiger partial charge in [0.05, 0.1) is 0 Å². The van der Waals surface area contributed by atoms with Gasteiger partial charge in [-0.05, 0) is 37.6 Å². The van der Waals surface area contributed by atoms with Crippen LogP contribution in [-0.4, -0.2) is 24.5 Å². The Morgan fingerprint density at radius 2 is 1.85 bits per heavy atom. The van der Waals surface area contributed by atoms with Crippen LogP contribution in [0.5, 0.6) is 0 Å². The zero-order valence-corrected chi connectivity index (χ0v) is 9.34. The summed E-state index contributed by atoms with van der Waals surface area (Å²) >= 11 is 0. The SMILES string of the molecule is CC(C)C1CC2(CCCC2)CN1C. The molecule has 1 saturated heterocycles. The van der Waals surface area contributed by atoms with E-state index in [0.717, 1.165) is 17.4 Å². The van der Waals surface area contributed by atoms with E-state index in [1.54, 1.807) is 0 Å². The van der Waals surface area contributed by atoms with Crippen LogP contribution in [0.25, 0.3) is 0 Å². The first-order valence-electron chi connectivity index (χ1n) is 5.83. The van der Waals surface area contributed by atoms with Crippen LogP contribution in [0, 0.1) is 11.3 Å². The second-order valence-corrected chi connectivity index (χ2v) is 5.64. The molecule has 13 heavy (non-hydrogen) atoms. The summed E-state index contributed by atoms with van der Waals surface area (Å²) in [5.41, 5.74) is 0.740. The van der Waals surface area contributed by atoms with E-state index in [9.17, 15) is 0 Å². The molecule has 1 saturated carbocycles. The molecular formula is C12H23N. The van der Waals surface area contributed by atoms with Crippen LogP contribution in [0.1, 0.15) is 46.0 Å². The van der Waals surface area contributed by atoms with E-state index in [1.807, 2.05) is 0 Å². The molecule has 76 valence electrons. The average molecular weight is 181 g/mol. The van der Waals surface area contributed by atoms with Crippen molar-refractivity contribution < 1.29 is 0 Å². The lowest BCUT2D eigenvalue weighted by Crippen LogP contribution is -2.29. The Morgan fingerprint density at radius 1 is 1.23 bits per heavy atom. The van der Waals surface area contributed by atoms with E-state index in [4.69, 9.17) is 0 Å². The Balaban J connectivity index is 2.05. The predicted molar refractivity (Wildman–Crippen MR) is 56.8 cm³/mol. The molecule has 1 aliphatic heterocycles. The Morgan fingerprint density at radius 3 is 2.31 bits per heavy atom. The number of nitrogens with zero attached hydrogens (tertiary/aromatic N) is 1. The Bertz CT molecular complexity index is 180. The highest BCUT2D eigenvalue weighted by atomic mass is 15.2. The lowest BCUT2D eigenvalue weighted by atomic mass is 9.82. The second kappa shape index (κ2) is 3.27. The van der Waals surface area contributed by atoms with Gasteiger partial charge in [0.1, 0.15) is 0 Å². The third kappa shape index (κ3) is 1.63. The molecule has 0 aromatic rings. The van der Waals surface area contributed by atoms with Crippen molar-refractivity contribution in [3.63, 3.8) is 0 Å². The van der Waals surface area contributed by atoms with Gasteiger partial charge in [0.15, 0.2) is 0 Å². The summed E-state index contributed by atoms with van der Waals surface area (Å²) in [6.07, 6.45) is 7.44. The first kappa shape index (κ1) is 9.51. The van der Waals surface area contributed by atoms with Gasteiger partial charge in [0, 0.05) is 12.6 Å². The van der Waals surface area contributed by atoms with Gasteiger partial charge in [-0.2, -0.15) is 0 Å². The standard InChI is InChI=1S/C12H23N/c1-10(2)11-8-12(9-13(11)3)6-4-5-7-12/h10-11H,4-9H2,1-3H3. The lowest BCUT2D eigenvalue weighted by molar-refractivity contribution is 0.245. The van der Waals surface area contributed by atoms with Crippen molar-refractivity contribution in [2.45, 2.75) is 52.0 Å². The minimum absolute atomic E-state index is 0.740. The predicted octanol–water partition coefficient (Wildman–Crippen LogP) is 2.91. The third-order valence-corrected chi connectivity index (χ3v) is 4.23. The van der Waals surface area contributed by atoms with E-state index in [-0.39, 0.29) is 0 Å². The summed E-state index contributed by atoms with van der Waals surface area (Å²) in [6, 6.07) is 0.859. The molecule has 1 spiro atoms. The highest BCUT2D eigenvalue weighted by Crippen LogP contribution is 2.48. The molecular weight excluding hydrogens is 158 g/mol. The van der Waals surface area contributed by atoms with Crippen LogP contribution in [0.3, 0.4) is 0 Å². The van der Waals surface area contributed by atoms with Crippen LogP contribution in [-0.2, 0) is 0 Å². The second-order valence-electron chi connectivity index (χ2n) is 5.64. The average Bonchev–Trinajstić information content (AvgIpc) is 2.60. The molecule has 1 nitrogen and oxygen atoms in total. The molecule has 1 atom stereocenters. The van der Waals surface area contributed by atoms with E-state index in [2.05, 4.69) is 25.8 Å². The van der Waals surface area contributed by atoms with Gasteiger partial charge in [-0.1, -0.05) is 26.7 Å². The molecule has 1 heterocycles. The van der Waals surface area contributed by atoms with Gasteiger partial charge in [-0.3, -0.25) is 0 Å². The van der Waals surface area contributed by atoms with E-state index in [0.29, 0.717) is 0 Å². The molecule has 2 fully saturated rings. The maximum absolute atomic E-state index is 2.61. The van der Waals surface area contributed by atoms with Crippen molar-refractivity contribution in [1.29, 1.82) is 0 Å². The van der Waals surface area contributed by atoms with Crippen LogP contribution >= 0.6 is 0 Å². The molecule has 1 heteroatoms. The summed E-state index contributed by atoms with van der Waals surface area (Å²) < 4.78 is 0. The highest BCUT2D eigenvalue weighted by molar-refractivity contribution is 4.97. The van der Waals surface area contributed by atoms with Gasteiger partial charge in [0.2, 0.25) is 0 Å². The fraction of sp³-hybridized carbons (Fsp3) is 1.00. The molecule has 0 amide bonds.